The van der Waals surface area contributed by atoms with Crippen molar-refractivity contribution >= 4 is 5.91 Å². The van der Waals surface area contributed by atoms with Crippen molar-refractivity contribution in [2.75, 3.05) is 0 Å². The lowest BCUT2D eigenvalue weighted by Crippen LogP contribution is -2.48. The largest absolute Gasteiger partial charge is 0.323 e. The zero-order chi connectivity index (χ0) is 14.0. The van der Waals surface area contributed by atoms with Crippen molar-refractivity contribution in [2.24, 2.45) is 11.8 Å². The monoisotopic (exact) mass is 266 g/mol. The van der Waals surface area contributed by atoms with Gasteiger partial charge in [0.2, 0.25) is 5.91 Å². The van der Waals surface area contributed by atoms with E-state index in [2.05, 4.69) is 37.9 Å². The van der Waals surface area contributed by atoms with E-state index in [1.54, 1.807) is 0 Å². The number of nitrogens with zero attached hydrogens (tertiary/aromatic N) is 1. The minimum atomic E-state index is 0.0567. The summed E-state index contributed by atoms with van der Waals surface area (Å²) in [4.78, 5) is 14.9. The summed E-state index contributed by atoms with van der Waals surface area (Å²) in [5.41, 5.74) is 0. The Morgan fingerprint density at radius 1 is 1.26 bits per heavy atom. The van der Waals surface area contributed by atoms with Crippen molar-refractivity contribution in [2.45, 2.75) is 84.5 Å². The molecule has 0 aromatic heterocycles. The van der Waals surface area contributed by atoms with Crippen LogP contribution >= 0.6 is 0 Å². The highest BCUT2D eigenvalue weighted by molar-refractivity contribution is 5.84. The van der Waals surface area contributed by atoms with Crippen LogP contribution in [0.5, 0.6) is 0 Å². The van der Waals surface area contributed by atoms with Gasteiger partial charge in [-0.1, -0.05) is 40.0 Å². The van der Waals surface area contributed by atoms with Crippen LogP contribution in [0.2, 0.25) is 0 Å². The first-order valence-corrected chi connectivity index (χ1v) is 8.14. The Morgan fingerprint density at radius 2 is 1.89 bits per heavy atom. The third-order valence-electron chi connectivity index (χ3n) is 4.95. The van der Waals surface area contributed by atoms with E-state index in [-0.39, 0.29) is 12.2 Å². The molecule has 19 heavy (non-hydrogen) atoms. The van der Waals surface area contributed by atoms with Crippen LogP contribution in [-0.2, 0) is 4.79 Å². The summed E-state index contributed by atoms with van der Waals surface area (Å²) in [7, 11) is 0. The Labute approximate surface area is 118 Å². The minimum Gasteiger partial charge on any atom is -0.323 e. The predicted molar refractivity (Wildman–Crippen MR) is 78.7 cm³/mol. The van der Waals surface area contributed by atoms with Crippen molar-refractivity contribution in [1.82, 2.24) is 10.2 Å². The first-order valence-electron chi connectivity index (χ1n) is 8.14. The Kier molecular flexibility index (Phi) is 4.88. The fourth-order valence-corrected chi connectivity index (χ4v) is 3.80. The molecule has 1 saturated carbocycles. The number of carbonyl (C=O) groups excluding carboxylic acids is 1. The first kappa shape index (κ1) is 14.8. The molecule has 1 N–H and O–H groups in total. The van der Waals surface area contributed by atoms with Gasteiger partial charge in [0, 0.05) is 6.04 Å². The predicted octanol–water partition coefficient (Wildman–Crippen LogP) is 3.15. The third-order valence-corrected chi connectivity index (χ3v) is 4.95. The molecule has 2 rings (SSSR count). The number of hydrogen-bond acceptors (Lipinski definition) is 2. The van der Waals surface area contributed by atoms with Gasteiger partial charge >= 0.3 is 0 Å². The SMILES string of the molecule is CCCC1NC(C(C)C)N(C(C)C2CCCC2)C1=O. The lowest BCUT2D eigenvalue weighted by atomic mass is 9.96. The second-order valence-corrected chi connectivity index (χ2v) is 6.73. The second-order valence-electron chi connectivity index (χ2n) is 6.73. The molecule has 0 aromatic carbocycles. The number of nitrogens with one attached hydrogen (secondary N) is 1. The molecule has 2 aliphatic rings. The van der Waals surface area contributed by atoms with Crippen LogP contribution in [0.15, 0.2) is 0 Å². The molecule has 1 amide bonds. The zero-order valence-corrected chi connectivity index (χ0v) is 13.0. The fraction of sp³-hybridized carbons (Fsp3) is 0.938. The summed E-state index contributed by atoms with van der Waals surface area (Å²) in [6.45, 7) is 8.85. The van der Waals surface area contributed by atoms with Gasteiger partial charge in [-0.2, -0.15) is 0 Å². The number of carbonyl (C=O) groups is 1. The zero-order valence-electron chi connectivity index (χ0n) is 13.0. The molecule has 2 fully saturated rings. The minimum absolute atomic E-state index is 0.0567. The van der Waals surface area contributed by atoms with E-state index in [1.807, 2.05) is 0 Å². The van der Waals surface area contributed by atoms with Crippen molar-refractivity contribution in [3.8, 4) is 0 Å². The van der Waals surface area contributed by atoms with Gasteiger partial charge in [0.1, 0.15) is 0 Å². The Morgan fingerprint density at radius 3 is 2.42 bits per heavy atom. The molecule has 3 heteroatoms. The molecule has 1 heterocycles. The molecule has 110 valence electrons. The van der Waals surface area contributed by atoms with E-state index in [4.69, 9.17) is 0 Å². The van der Waals surface area contributed by atoms with Crippen LogP contribution in [0, 0.1) is 11.8 Å². The molecule has 0 spiro atoms. The normalized spacial score (nSPS) is 30.6. The molecule has 1 aliphatic heterocycles. The smallest absolute Gasteiger partial charge is 0.241 e. The summed E-state index contributed by atoms with van der Waals surface area (Å²) >= 11 is 0. The third kappa shape index (κ3) is 2.96. The molecule has 1 aliphatic carbocycles. The fourth-order valence-electron chi connectivity index (χ4n) is 3.80. The van der Waals surface area contributed by atoms with Crippen LogP contribution in [0.3, 0.4) is 0 Å². The molecule has 0 aromatic rings. The Hall–Kier alpha value is -0.570. The number of hydrogen-bond donors (Lipinski definition) is 1. The maximum absolute atomic E-state index is 12.7. The van der Waals surface area contributed by atoms with E-state index in [9.17, 15) is 4.79 Å². The van der Waals surface area contributed by atoms with Crippen molar-refractivity contribution in [3.05, 3.63) is 0 Å². The first-order chi connectivity index (χ1) is 9.06. The van der Waals surface area contributed by atoms with Gasteiger partial charge < -0.3 is 4.90 Å². The van der Waals surface area contributed by atoms with Gasteiger partial charge in [-0.25, -0.2) is 0 Å². The maximum atomic E-state index is 12.7. The van der Waals surface area contributed by atoms with Gasteiger partial charge in [0.05, 0.1) is 12.2 Å². The summed E-state index contributed by atoms with van der Waals surface area (Å²) in [5.74, 6) is 1.54. The molecular formula is C16H30N2O. The molecule has 3 nitrogen and oxygen atoms in total. The van der Waals surface area contributed by atoms with Gasteiger partial charge in [0.25, 0.3) is 0 Å². The Bertz CT molecular complexity index is 310. The Balaban J connectivity index is 2.11. The van der Waals surface area contributed by atoms with E-state index < -0.39 is 0 Å². The van der Waals surface area contributed by atoms with Gasteiger partial charge in [-0.05, 0) is 38.0 Å². The molecular weight excluding hydrogens is 236 g/mol. The van der Waals surface area contributed by atoms with Crippen molar-refractivity contribution in [3.63, 3.8) is 0 Å². The van der Waals surface area contributed by atoms with Gasteiger partial charge in [-0.15, -0.1) is 0 Å². The average molecular weight is 266 g/mol. The maximum Gasteiger partial charge on any atom is 0.241 e. The summed E-state index contributed by atoms with van der Waals surface area (Å²) in [5, 5.41) is 3.57. The van der Waals surface area contributed by atoms with E-state index in [0.717, 1.165) is 12.8 Å². The van der Waals surface area contributed by atoms with Crippen LogP contribution in [0.25, 0.3) is 0 Å². The molecule has 3 unspecified atom stereocenters. The highest BCUT2D eigenvalue weighted by Gasteiger charge is 2.43. The second kappa shape index (κ2) is 6.25. The summed E-state index contributed by atoms with van der Waals surface area (Å²) in [6, 6.07) is 0.456. The van der Waals surface area contributed by atoms with E-state index >= 15 is 0 Å². The quantitative estimate of drug-likeness (QED) is 0.829. The molecule has 0 bridgehead atoms. The van der Waals surface area contributed by atoms with Crippen molar-refractivity contribution < 1.29 is 4.79 Å². The standard InChI is InChI=1S/C16H30N2O/c1-5-8-14-16(19)18(15(17-14)11(2)3)12(4)13-9-6-7-10-13/h11-15,17H,5-10H2,1-4H3. The number of rotatable bonds is 5. The van der Waals surface area contributed by atoms with E-state index in [0.29, 0.717) is 23.8 Å². The van der Waals surface area contributed by atoms with Crippen molar-refractivity contribution in [1.29, 1.82) is 0 Å². The van der Waals surface area contributed by atoms with E-state index in [1.165, 1.54) is 25.7 Å². The molecule has 3 atom stereocenters. The summed E-state index contributed by atoms with van der Waals surface area (Å²) < 4.78 is 0. The highest BCUT2D eigenvalue weighted by Crippen LogP contribution is 2.33. The topological polar surface area (TPSA) is 32.3 Å². The van der Waals surface area contributed by atoms with Crippen LogP contribution in [0.4, 0.5) is 0 Å². The van der Waals surface area contributed by atoms with Crippen LogP contribution in [0.1, 0.15) is 66.2 Å². The lowest BCUT2D eigenvalue weighted by molar-refractivity contribution is -0.133. The lowest BCUT2D eigenvalue weighted by Gasteiger charge is -2.36. The van der Waals surface area contributed by atoms with Gasteiger partial charge in [-0.3, -0.25) is 10.1 Å². The average Bonchev–Trinajstić information content (AvgIpc) is 2.98. The molecule has 1 saturated heterocycles. The number of amides is 1. The van der Waals surface area contributed by atoms with Gasteiger partial charge in [0.15, 0.2) is 0 Å². The highest BCUT2D eigenvalue weighted by atomic mass is 16.2. The van der Waals surface area contributed by atoms with Crippen LogP contribution in [-0.4, -0.2) is 29.1 Å². The molecule has 0 radical (unpaired) electrons. The van der Waals surface area contributed by atoms with Crippen LogP contribution < -0.4 is 5.32 Å². The summed E-state index contributed by atoms with van der Waals surface area (Å²) in [6.07, 6.45) is 7.56.